The topological polar surface area (TPSA) is 101 Å². The van der Waals surface area contributed by atoms with Crippen molar-refractivity contribution < 1.29 is 18.4 Å². The van der Waals surface area contributed by atoms with E-state index in [9.17, 15) is 9.59 Å². The molecular weight excluding hydrogens is 336 g/mol. The summed E-state index contributed by atoms with van der Waals surface area (Å²) in [6, 6.07) is 7.61. The lowest BCUT2D eigenvalue weighted by Gasteiger charge is -2.37. The summed E-state index contributed by atoms with van der Waals surface area (Å²) in [4.78, 5) is 34.5. The van der Waals surface area contributed by atoms with Gasteiger partial charge in [-0.25, -0.2) is 9.97 Å². The highest BCUT2D eigenvalue weighted by atomic mass is 16.3. The predicted molar refractivity (Wildman–Crippen MR) is 89.3 cm³/mol. The fraction of sp³-hybridized carbons (Fsp3) is 0.222. The molecule has 1 aliphatic heterocycles. The first kappa shape index (κ1) is 16.1. The normalized spacial score (nSPS) is 16.2. The highest BCUT2D eigenvalue weighted by Gasteiger charge is 2.32. The predicted octanol–water partition coefficient (Wildman–Crippen LogP) is 1.83. The largest absolute Gasteiger partial charge is 0.451 e. The number of nitrogens with one attached hydrogen (secondary N) is 1. The molecule has 0 fully saturated rings. The minimum atomic E-state index is -0.351. The SMILES string of the molecule is O=C(NCC1c2ccccc2CCN1C(=O)c1cocn1)c1cocn1. The van der Waals surface area contributed by atoms with E-state index in [4.69, 9.17) is 8.83 Å². The van der Waals surface area contributed by atoms with Crippen molar-refractivity contribution in [3.63, 3.8) is 0 Å². The van der Waals surface area contributed by atoms with E-state index in [1.165, 1.54) is 25.3 Å². The molecule has 0 spiro atoms. The minimum absolute atomic E-state index is 0.198. The maximum absolute atomic E-state index is 12.8. The fourth-order valence-corrected chi connectivity index (χ4v) is 3.18. The molecule has 3 aromatic rings. The Morgan fingerprint density at radius 2 is 1.85 bits per heavy atom. The van der Waals surface area contributed by atoms with E-state index in [1.807, 2.05) is 24.3 Å². The number of nitrogens with zero attached hydrogens (tertiary/aromatic N) is 3. The molecular formula is C18H16N4O4. The molecule has 3 heterocycles. The summed E-state index contributed by atoms with van der Waals surface area (Å²) in [5.74, 6) is -0.579. The van der Waals surface area contributed by atoms with Crippen LogP contribution in [0.1, 0.15) is 38.1 Å². The molecule has 8 nitrogen and oxygen atoms in total. The Labute approximate surface area is 148 Å². The van der Waals surface area contributed by atoms with E-state index in [1.54, 1.807) is 4.90 Å². The van der Waals surface area contributed by atoms with Crippen LogP contribution in [0.25, 0.3) is 0 Å². The van der Waals surface area contributed by atoms with Crippen molar-refractivity contribution in [2.75, 3.05) is 13.1 Å². The molecule has 1 atom stereocenters. The molecule has 1 aromatic carbocycles. The third-order valence-electron chi connectivity index (χ3n) is 4.45. The Bertz CT molecular complexity index is 905. The van der Waals surface area contributed by atoms with E-state index >= 15 is 0 Å². The van der Waals surface area contributed by atoms with Crippen LogP contribution in [-0.2, 0) is 6.42 Å². The summed E-state index contributed by atoms with van der Waals surface area (Å²) in [6.07, 6.45) is 5.78. The zero-order chi connectivity index (χ0) is 17.9. The van der Waals surface area contributed by atoms with E-state index in [0.29, 0.717) is 6.54 Å². The van der Waals surface area contributed by atoms with E-state index < -0.39 is 0 Å². The van der Waals surface area contributed by atoms with Crippen molar-refractivity contribution in [1.29, 1.82) is 0 Å². The van der Waals surface area contributed by atoms with Gasteiger partial charge >= 0.3 is 0 Å². The zero-order valence-corrected chi connectivity index (χ0v) is 13.8. The van der Waals surface area contributed by atoms with Crippen LogP contribution in [0.4, 0.5) is 0 Å². The lowest BCUT2D eigenvalue weighted by Crippen LogP contribution is -2.45. The Hall–Kier alpha value is -3.42. The van der Waals surface area contributed by atoms with Gasteiger partial charge in [0.05, 0.1) is 6.04 Å². The van der Waals surface area contributed by atoms with Gasteiger partial charge < -0.3 is 19.1 Å². The van der Waals surface area contributed by atoms with Crippen molar-refractivity contribution in [2.24, 2.45) is 0 Å². The van der Waals surface area contributed by atoms with Gasteiger partial charge in [0, 0.05) is 13.1 Å². The lowest BCUT2D eigenvalue weighted by molar-refractivity contribution is 0.0642. The Morgan fingerprint density at radius 3 is 2.58 bits per heavy atom. The third kappa shape index (κ3) is 2.97. The molecule has 1 unspecified atom stereocenters. The van der Waals surface area contributed by atoms with Crippen LogP contribution in [-0.4, -0.2) is 39.8 Å². The van der Waals surface area contributed by atoms with Crippen molar-refractivity contribution in [3.8, 4) is 0 Å². The Morgan fingerprint density at radius 1 is 1.12 bits per heavy atom. The van der Waals surface area contributed by atoms with Crippen molar-refractivity contribution in [2.45, 2.75) is 12.5 Å². The van der Waals surface area contributed by atoms with Gasteiger partial charge in [0.2, 0.25) is 0 Å². The second-order valence-corrected chi connectivity index (χ2v) is 5.92. The van der Waals surface area contributed by atoms with Gasteiger partial charge in [0.15, 0.2) is 24.2 Å². The average Bonchev–Trinajstić information content (AvgIpc) is 3.39. The van der Waals surface area contributed by atoms with Gasteiger partial charge in [-0.15, -0.1) is 0 Å². The van der Waals surface area contributed by atoms with Crippen LogP contribution in [0.2, 0.25) is 0 Å². The number of benzene rings is 1. The minimum Gasteiger partial charge on any atom is -0.451 e. The maximum atomic E-state index is 12.8. The van der Waals surface area contributed by atoms with Crippen molar-refractivity contribution >= 4 is 11.8 Å². The summed E-state index contributed by atoms with van der Waals surface area (Å²) in [5.41, 5.74) is 2.62. The first-order chi connectivity index (χ1) is 12.7. The smallest absolute Gasteiger partial charge is 0.276 e. The van der Waals surface area contributed by atoms with Gasteiger partial charge in [-0.2, -0.15) is 0 Å². The molecule has 4 rings (SSSR count). The average molecular weight is 352 g/mol. The third-order valence-corrected chi connectivity index (χ3v) is 4.45. The number of carbonyl (C=O) groups excluding carboxylic acids is 2. The van der Waals surface area contributed by atoms with Gasteiger partial charge in [-0.1, -0.05) is 24.3 Å². The molecule has 2 amide bonds. The summed E-state index contributed by atoms with van der Waals surface area (Å²) < 4.78 is 9.77. The number of fused-ring (bicyclic) bond motifs is 1. The summed E-state index contributed by atoms with van der Waals surface area (Å²) in [5, 5.41) is 2.83. The lowest BCUT2D eigenvalue weighted by atomic mass is 9.92. The number of amides is 2. The number of aromatic nitrogens is 2. The number of hydrogen-bond acceptors (Lipinski definition) is 6. The number of rotatable bonds is 4. The second-order valence-electron chi connectivity index (χ2n) is 5.92. The number of carbonyl (C=O) groups is 2. The number of oxazole rings is 2. The van der Waals surface area contributed by atoms with Gasteiger partial charge in [-0.05, 0) is 17.5 Å². The summed E-state index contributed by atoms with van der Waals surface area (Å²) in [6.45, 7) is 0.791. The van der Waals surface area contributed by atoms with Crippen molar-refractivity contribution in [1.82, 2.24) is 20.2 Å². The molecule has 0 bridgehead atoms. The monoisotopic (exact) mass is 352 g/mol. The van der Waals surface area contributed by atoms with Gasteiger partial charge in [0.1, 0.15) is 12.5 Å². The molecule has 8 heteroatoms. The molecule has 132 valence electrons. The van der Waals surface area contributed by atoms with E-state index in [2.05, 4.69) is 15.3 Å². The molecule has 0 aliphatic carbocycles. The van der Waals surface area contributed by atoms with Crippen LogP contribution >= 0.6 is 0 Å². The Kier molecular flexibility index (Phi) is 4.22. The summed E-state index contributed by atoms with van der Waals surface area (Å²) >= 11 is 0. The maximum Gasteiger partial charge on any atom is 0.276 e. The molecule has 26 heavy (non-hydrogen) atoms. The Balaban J connectivity index is 1.59. The van der Waals surface area contributed by atoms with Crippen LogP contribution in [0.5, 0.6) is 0 Å². The molecule has 0 saturated heterocycles. The van der Waals surface area contributed by atoms with Crippen LogP contribution in [0.15, 0.2) is 58.4 Å². The van der Waals surface area contributed by atoms with Crippen LogP contribution in [0, 0.1) is 0 Å². The first-order valence-electron chi connectivity index (χ1n) is 8.17. The van der Waals surface area contributed by atoms with Gasteiger partial charge in [0.25, 0.3) is 11.8 Å². The van der Waals surface area contributed by atoms with Crippen LogP contribution in [0.3, 0.4) is 0 Å². The molecule has 1 N–H and O–H groups in total. The second kappa shape index (κ2) is 6.83. The van der Waals surface area contributed by atoms with E-state index in [0.717, 1.165) is 17.5 Å². The summed E-state index contributed by atoms with van der Waals surface area (Å²) in [7, 11) is 0. The standard InChI is InChI=1S/C18H16N4O4/c23-17(14-8-25-10-20-14)19-7-16-13-4-2-1-3-12(13)5-6-22(16)18(24)15-9-26-11-21-15/h1-4,8-11,16H,5-7H2,(H,19,23). The molecule has 0 radical (unpaired) electrons. The molecule has 1 aliphatic rings. The quantitative estimate of drug-likeness (QED) is 0.769. The highest BCUT2D eigenvalue weighted by molar-refractivity contribution is 5.93. The molecule has 0 saturated carbocycles. The molecule has 2 aromatic heterocycles. The number of hydrogen-bond donors (Lipinski definition) is 1. The highest BCUT2D eigenvalue weighted by Crippen LogP contribution is 2.30. The van der Waals surface area contributed by atoms with Gasteiger partial charge in [-0.3, -0.25) is 9.59 Å². The first-order valence-corrected chi connectivity index (χ1v) is 8.17. The zero-order valence-electron chi connectivity index (χ0n) is 13.8. The fourth-order valence-electron chi connectivity index (χ4n) is 3.18. The van der Waals surface area contributed by atoms with Crippen LogP contribution < -0.4 is 5.32 Å². The van der Waals surface area contributed by atoms with Crippen molar-refractivity contribution in [3.05, 3.63) is 72.1 Å². The van der Waals surface area contributed by atoms with E-state index in [-0.39, 0.29) is 35.8 Å².